The molecule has 1 aliphatic heterocycles. The molecule has 0 radical (unpaired) electrons. The van der Waals surface area contributed by atoms with Crippen LogP contribution in [0.1, 0.15) is 58.6 Å². The SMILES string of the molecule is COc1cc(C2C3=C(CC(C)(C)CC3=O)Nc3ncnn32)ccc1OCCC(C)C. The van der Waals surface area contributed by atoms with Gasteiger partial charge in [0.25, 0.3) is 0 Å². The zero-order valence-electron chi connectivity index (χ0n) is 18.4. The quantitative estimate of drug-likeness (QED) is 0.762. The summed E-state index contributed by atoms with van der Waals surface area (Å²) in [5, 5.41) is 7.74. The molecule has 1 N–H and O–H groups in total. The molecule has 0 spiro atoms. The summed E-state index contributed by atoms with van der Waals surface area (Å²) in [6.45, 7) is 9.22. The fraction of sp³-hybridized carbons (Fsp3) is 0.522. The number of ether oxygens (including phenoxy) is 2. The summed E-state index contributed by atoms with van der Waals surface area (Å²) >= 11 is 0. The van der Waals surface area contributed by atoms with Gasteiger partial charge in [-0.2, -0.15) is 10.1 Å². The molecule has 2 aromatic rings. The van der Waals surface area contributed by atoms with Crippen molar-refractivity contribution in [1.29, 1.82) is 0 Å². The lowest BCUT2D eigenvalue weighted by atomic mass is 9.73. The smallest absolute Gasteiger partial charge is 0.226 e. The molecule has 0 amide bonds. The molecule has 1 aromatic carbocycles. The van der Waals surface area contributed by atoms with Crippen LogP contribution in [0, 0.1) is 11.3 Å². The number of carbonyl (C=O) groups is 1. The first-order valence-corrected chi connectivity index (χ1v) is 10.5. The van der Waals surface area contributed by atoms with Gasteiger partial charge in [-0.3, -0.25) is 4.79 Å². The number of Topliss-reactive ketones (excluding diaryl/α,β-unsaturated/α-hetero) is 1. The molecule has 0 saturated carbocycles. The molecule has 7 heteroatoms. The number of nitrogens with zero attached hydrogens (tertiary/aromatic N) is 3. The van der Waals surface area contributed by atoms with Gasteiger partial charge in [-0.1, -0.05) is 33.8 Å². The third kappa shape index (κ3) is 3.80. The van der Waals surface area contributed by atoms with Gasteiger partial charge in [-0.25, -0.2) is 4.68 Å². The highest BCUT2D eigenvalue weighted by Gasteiger charge is 2.41. The molecule has 0 saturated heterocycles. The van der Waals surface area contributed by atoms with E-state index in [1.54, 1.807) is 11.8 Å². The lowest BCUT2D eigenvalue weighted by molar-refractivity contribution is -0.118. The van der Waals surface area contributed by atoms with E-state index in [4.69, 9.17) is 9.47 Å². The fourth-order valence-corrected chi connectivity index (χ4v) is 4.24. The number of anilines is 1. The molecular weight excluding hydrogens is 380 g/mol. The zero-order valence-corrected chi connectivity index (χ0v) is 18.4. The highest BCUT2D eigenvalue weighted by molar-refractivity contribution is 6.00. The summed E-state index contributed by atoms with van der Waals surface area (Å²) in [5.74, 6) is 2.74. The number of carbonyl (C=O) groups excluding carboxylic acids is 1. The van der Waals surface area contributed by atoms with Gasteiger partial charge in [0, 0.05) is 17.7 Å². The largest absolute Gasteiger partial charge is 0.493 e. The maximum Gasteiger partial charge on any atom is 0.226 e. The van der Waals surface area contributed by atoms with Crippen LogP contribution in [0.5, 0.6) is 11.5 Å². The molecule has 2 aliphatic rings. The number of fused-ring (bicyclic) bond motifs is 1. The van der Waals surface area contributed by atoms with Crippen LogP contribution in [0.3, 0.4) is 0 Å². The van der Waals surface area contributed by atoms with Crippen molar-refractivity contribution in [2.75, 3.05) is 19.0 Å². The van der Waals surface area contributed by atoms with Crippen LogP contribution in [0.25, 0.3) is 0 Å². The van der Waals surface area contributed by atoms with E-state index in [0.717, 1.165) is 29.7 Å². The van der Waals surface area contributed by atoms with Crippen LogP contribution in [-0.4, -0.2) is 34.3 Å². The highest BCUT2D eigenvalue weighted by atomic mass is 16.5. The Kier molecular flexibility index (Phi) is 5.30. The van der Waals surface area contributed by atoms with E-state index < -0.39 is 0 Å². The number of rotatable bonds is 6. The monoisotopic (exact) mass is 410 g/mol. The third-order valence-electron chi connectivity index (χ3n) is 5.73. The Morgan fingerprint density at radius 2 is 2.07 bits per heavy atom. The first-order chi connectivity index (χ1) is 14.3. The predicted octanol–water partition coefficient (Wildman–Crippen LogP) is 4.37. The summed E-state index contributed by atoms with van der Waals surface area (Å²) < 4.78 is 13.3. The molecule has 0 bridgehead atoms. The predicted molar refractivity (Wildman–Crippen MR) is 115 cm³/mol. The normalized spacial score (nSPS) is 19.9. The summed E-state index contributed by atoms with van der Waals surface area (Å²) in [5.41, 5.74) is 2.55. The second-order valence-electron chi connectivity index (χ2n) is 9.33. The van der Waals surface area contributed by atoms with Crippen molar-refractivity contribution in [3.8, 4) is 11.5 Å². The van der Waals surface area contributed by atoms with Crippen molar-refractivity contribution in [3.05, 3.63) is 41.4 Å². The van der Waals surface area contributed by atoms with E-state index in [9.17, 15) is 4.79 Å². The van der Waals surface area contributed by atoms with Crippen molar-refractivity contribution < 1.29 is 14.3 Å². The van der Waals surface area contributed by atoms with E-state index in [-0.39, 0.29) is 17.2 Å². The van der Waals surface area contributed by atoms with E-state index in [0.29, 0.717) is 36.4 Å². The molecule has 30 heavy (non-hydrogen) atoms. The Labute approximate surface area is 177 Å². The van der Waals surface area contributed by atoms with Gasteiger partial charge < -0.3 is 14.8 Å². The van der Waals surface area contributed by atoms with E-state index in [1.807, 2.05) is 18.2 Å². The minimum Gasteiger partial charge on any atom is -0.493 e. The molecule has 2 heterocycles. The van der Waals surface area contributed by atoms with Gasteiger partial charge in [0.15, 0.2) is 17.3 Å². The van der Waals surface area contributed by atoms with Gasteiger partial charge in [0.1, 0.15) is 12.4 Å². The number of ketones is 1. The molecular formula is C23H30N4O3. The van der Waals surface area contributed by atoms with Crippen LogP contribution in [0.2, 0.25) is 0 Å². The number of nitrogens with one attached hydrogen (secondary N) is 1. The summed E-state index contributed by atoms with van der Waals surface area (Å²) in [6.07, 6.45) is 3.80. The molecule has 1 atom stereocenters. The van der Waals surface area contributed by atoms with Gasteiger partial charge in [-0.05, 0) is 41.9 Å². The zero-order chi connectivity index (χ0) is 21.5. The van der Waals surface area contributed by atoms with Crippen LogP contribution >= 0.6 is 0 Å². The van der Waals surface area contributed by atoms with Gasteiger partial charge in [-0.15, -0.1) is 0 Å². The number of aromatic nitrogens is 3. The standard InChI is InChI=1S/C23H30N4O3/c1-14(2)8-9-30-18-7-6-15(10-19(18)29-5)21-20-16(11-23(3,4)12-17(20)28)26-22-24-13-25-27(21)22/h6-7,10,13-14,21H,8-9,11-12H2,1-5H3,(H,24,25,26). The number of hydrogen-bond donors (Lipinski definition) is 1. The Morgan fingerprint density at radius 1 is 1.27 bits per heavy atom. The maximum absolute atomic E-state index is 13.2. The highest BCUT2D eigenvalue weighted by Crippen LogP contribution is 2.46. The van der Waals surface area contributed by atoms with Gasteiger partial charge >= 0.3 is 0 Å². The van der Waals surface area contributed by atoms with Crippen molar-refractivity contribution >= 4 is 11.7 Å². The van der Waals surface area contributed by atoms with E-state index in [1.165, 1.54) is 6.33 Å². The minimum absolute atomic E-state index is 0.0819. The molecule has 160 valence electrons. The topological polar surface area (TPSA) is 78.3 Å². The average molecular weight is 411 g/mol. The average Bonchev–Trinajstić information content (AvgIpc) is 3.13. The van der Waals surface area contributed by atoms with Crippen LogP contribution in [0.15, 0.2) is 35.8 Å². The van der Waals surface area contributed by atoms with Crippen molar-refractivity contribution in [2.24, 2.45) is 11.3 Å². The fourth-order valence-electron chi connectivity index (χ4n) is 4.24. The molecule has 0 fully saturated rings. The van der Waals surface area contributed by atoms with E-state index >= 15 is 0 Å². The number of hydrogen-bond acceptors (Lipinski definition) is 6. The second kappa shape index (κ2) is 7.78. The summed E-state index contributed by atoms with van der Waals surface area (Å²) in [6, 6.07) is 5.53. The molecule has 1 aliphatic carbocycles. The number of methoxy groups -OCH3 is 1. The molecule has 1 unspecified atom stereocenters. The Bertz CT molecular complexity index is 990. The van der Waals surface area contributed by atoms with Crippen molar-refractivity contribution in [3.63, 3.8) is 0 Å². The molecule has 4 rings (SSSR count). The molecule has 7 nitrogen and oxygen atoms in total. The Balaban J connectivity index is 1.73. The lowest BCUT2D eigenvalue weighted by Gasteiger charge is -2.38. The van der Waals surface area contributed by atoms with Crippen molar-refractivity contribution in [2.45, 2.75) is 53.0 Å². The number of benzene rings is 1. The van der Waals surface area contributed by atoms with Crippen LogP contribution in [0.4, 0.5) is 5.95 Å². The van der Waals surface area contributed by atoms with Crippen LogP contribution in [-0.2, 0) is 4.79 Å². The number of allylic oxidation sites excluding steroid dienone is 2. The first kappa shape index (κ1) is 20.4. The van der Waals surface area contributed by atoms with Gasteiger partial charge in [0.05, 0.1) is 13.7 Å². The third-order valence-corrected chi connectivity index (χ3v) is 5.73. The lowest BCUT2D eigenvalue weighted by Crippen LogP contribution is -2.36. The Hall–Kier alpha value is -2.83. The maximum atomic E-state index is 13.2. The second-order valence-corrected chi connectivity index (χ2v) is 9.33. The van der Waals surface area contributed by atoms with E-state index in [2.05, 4.69) is 43.1 Å². The Morgan fingerprint density at radius 3 is 2.80 bits per heavy atom. The van der Waals surface area contributed by atoms with Crippen molar-refractivity contribution in [1.82, 2.24) is 14.8 Å². The molecule has 1 aromatic heterocycles. The minimum atomic E-state index is -0.332. The summed E-state index contributed by atoms with van der Waals surface area (Å²) in [7, 11) is 1.64. The summed E-state index contributed by atoms with van der Waals surface area (Å²) in [4.78, 5) is 17.5. The van der Waals surface area contributed by atoms with Crippen LogP contribution < -0.4 is 14.8 Å². The first-order valence-electron chi connectivity index (χ1n) is 10.5. The van der Waals surface area contributed by atoms with Gasteiger partial charge in [0.2, 0.25) is 5.95 Å².